The van der Waals surface area contributed by atoms with E-state index in [0.717, 1.165) is 28.7 Å². The highest BCUT2D eigenvalue weighted by atomic mass is 35.5. The molecule has 1 aromatic carbocycles. The van der Waals surface area contributed by atoms with Crippen molar-refractivity contribution in [3.8, 4) is 0 Å². The lowest BCUT2D eigenvalue weighted by atomic mass is 10.1. The summed E-state index contributed by atoms with van der Waals surface area (Å²) in [6, 6.07) is 11.8. The Morgan fingerprint density at radius 3 is 2.72 bits per heavy atom. The normalized spacial score (nSPS) is 12.8. The molecule has 3 aromatic rings. The fourth-order valence-corrected chi connectivity index (χ4v) is 3.45. The standard InChI is InChI=1S/C19H23ClN4O/c1-3-15(13-25)24(11-14-7-4-5-10-21-14)12-17-19-16(20)8-6-9-18(19)23(2)22-17/h4-10,15,25H,3,11-13H2,1-2H3. The molecule has 0 saturated carbocycles. The van der Waals surface area contributed by atoms with Crippen LogP contribution in [0.3, 0.4) is 0 Å². The van der Waals surface area contributed by atoms with Crippen LogP contribution >= 0.6 is 11.6 Å². The molecule has 3 rings (SSSR count). The first-order valence-corrected chi connectivity index (χ1v) is 8.86. The number of hydrogen-bond donors (Lipinski definition) is 1. The van der Waals surface area contributed by atoms with Gasteiger partial charge in [-0.05, 0) is 30.7 Å². The smallest absolute Gasteiger partial charge is 0.0858 e. The molecular weight excluding hydrogens is 336 g/mol. The third-order valence-corrected chi connectivity index (χ3v) is 4.86. The summed E-state index contributed by atoms with van der Waals surface area (Å²) in [6.07, 6.45) is 2.64. The van der Waals surface area contributed by atoms with Gasteiger partial charge in [-0.2, -0.15) is 5.10 Å². The maximum absolute atomic E-state index is 9.81. The van der Waals surface area contributed by atoms with Crippen molar-refractivity contribution in [1.82, 2.24) is 19.7 Å². The maximum atomic E-state index is 9.81. The first kappa shape index (κ1) is 17.9. The summed E-state index contributed by atoms with van der Waals surface area (Å²) in [6.45, 7) is 3.44. The van der Waals surface area contributed by atoms with E-state index < -0.39 is 0 Å². The van der Waals surface area contributed by atoms with Gasteiger partial charge < -0.3 is 5.11 Å². The molecule has 0 spiro atoms. The van der Waals surface area contributed by atoms with Gasteiger partial charge in [0, 0.05) is 37.8 Å². The molecule has 0 aliphatic carbocycles. The fraction of sp³-hybridized carbons (Fsp3) is 0.368. The molecule has 5 nitrogen and oxygen atoms in total. The Morgan fingerprint density at radius 2 is 2.04 bits per heavy atom. The van der Waals surface area contributed by atoms with Gasteiger partial charge in [-0.3, -0.25) is 14.6 Å². The molecule has 132 valence electrons. The lowest BCUT2D eigenvalue weighted by molar-refractivity contribution is 0.104. The van der Waals surface area contributed by atoms with Crippen molar-refractivity contribution in [1.29, 1.82) is 0 Å². The van der Waals surface area contributed by atoms with E-state index in [4.69, 9.17) is 11.6 Å². The molecule has 0 amide bonds. The molecule has 0 fully saturated rings. The molecule has 1 unspecified atom stereocenters. The Bertz CT molecular complexity index is 830. The van der Waals surface area contributed by atoms with Gasteiger partial charge in [0.05, 0.1) is 28.5 Å². The quantitative estimate of drug-likeness (QED) is 0.703. The number of hydrogen-bond acceptors (Lipinski definition) is 4. The van der Waals surface area contributed by atoms with Gasteiger partial charge in [0.15, 0.2) is 0 Å². The number of aliphatic hydroxyl groups is 1. The van der Waals surface area contributed by atoms with Crippen LogP contribution in [0.25, 0.3) is 10.9 Å². The van der Waals surface area contributed by atoms with E-state index in [0.29, 0.717) is 18.1 Å². The number of pyridine rings is 1. The predicted molar refractivity (Wildman–Crippen MR) is 100 cm³/mol. The van der Waals surface area contributed by atoms with E-state index in [-0.39, 0.29) is 12.6 Å². The first-order chi connectivity index (χ1) is 12.1. The third-order valence-electron chi connectivity index (χ3n) is 4.54. The minimum atomic E-state index is 0.0431. The van der Waals surface area contributed by atoms with E-state index in [2.05, 4.69) is 21.9 Å². The van der Waals surface area contributed by atoms with Crippen molar-refractivity contribution < 1.29 is 5.11 Å². The second-order valence-corrected chi connectivity index (χ2v) is 6.58. The van der Waals surface area contributed by atoms with Crippen molar-refractivity contribution in [3.63, 3.8) is 0 Å². The Hall–Kier alpha value is -1.95. The van der Waals surface area contributed by atoms with Crippen LogP contribution in [0, 0.1) is 0 Å². The summed E-state index contributed by atoms with van der Waals surface area (Å²) >= 11 is 6.43. The fourth-order valence-electron chi connectivity index (χ4n) is 3.17. The largest absolute Gasteiger partial charge is 0.395 e. The summed E-state index contributed by atoms with van der Waals surface area (Å²) in [4.78, 5) is 6.64. The van der Waals surface area contributed by atoms with Gasteiger partial charge >= 0.3 is 0 Å². The number of halogens is 1. The van der Waals surface area contributed by atoms with Crippen molar-refractivity contribution in [2.75, 3.05) is 6.61 Å². The zero-order valence-corrected chi connectivity index (χ0v) is 15.3. The monoisotopic (exact) mass is 358 g/mol. The molecule has 0 bridgehead atoms. The molecule has 0 aliphatic heterocycles. The van der Waals surface area contributed by atoms with Crippen LogP contribution in [0.15, 0.2) is 42.6 Å². The molecule has 1 atom stereocenters. The highest BCUT2D eigenvalue weighted by Gasteiger charge is 2.21. The minimum absolute atomic E-state index is 0.0431. The number of rotatable bonds is 7. The first-order valence-electron chi connectivity index (χ1n) is 8.49. The zero-order chi connectivity index (χ0) is 17.8. The summed E-state index contributed by atoms with van der Waals surface area (Å²) in [7, 11) is 1.93. The second-order valence-electron chi connectivity index (χ2n) is 6.17. The Kier molecular flexibility index (Phi) is 5.68. The number of aromatic nitrogens is 3. The molecular formula is C19H23ClN4O. The van der Waals surface area contributed by atoms with Crippen LogP contribution in [0.5, 0.6) is 0 Å². The Labute approximate surface area is 152 Å². The summed E-state index contributed by atoms with van der Waals surface area (Å²) in [5.74, 6) is 0. The van der Waals surface area contributed by atoms with E-state index >= 15 is 0 Å². The minimum Gasteiger partial charge on any atom is -0.395 e. The molecule has 1 N–H and O–H groups in total. The molecule has 25 heavy (non-hydrogen) atoms. The zero-order valence-electron chi connectivity index (χ0n) is 14.6. The average molecular weight is 359 g/mol. The predicted octanol–water partition coefficient (Wildman–Crippen LogP) is 3.39. The Morgan fingerprint density at radius 1 is 1.20 bits per heavy atom. The van der Waals surface area contributed by atoms with Gasteiger partial charge in [0.1, 0.15) is 0 Å². The van der Waals surface area contributed by atoms with Gasteiger partial charge in [-0.25, -0.2) is 0 Å². The molecule has 0 saturated heterocycles. The van der Waals surface area contributed by atoms with Gasteiger partial charge in [0.25, 0.3) is 0 Å². The van der Waals surface area contributed by atoms with Crippen LogP contribution in [0.1, 0.15) is 24.7 Å². The summed E-state index contributed by atoms with van der Waals surface area (Å²) < 4.78 is 1.86. The van der Waals surface area contributed by atoms with Crippen LogP contribution in [-0.2, 0) is 20.1 Å². The SMILES string of the molecule is CCC(CO)N(Cc1ccccn1)Cc1nn(C)c2cccc(Cl)c12. The van der Waals surface area contributed by atoms with E-state index in [1.165, 1.54) is 0 Å². The third kappa shape index (κ3) is 3.84. The Balaban J connectivity index is 1.95. The average Bonchev–Trinajstić information content (AvgIpc) is 2.94. The van der Waals surface area contributed by atoms with Crippen LogP contribution in [0.2, 0.25) is 5.02 Å². The summed E-state index contributed by atoms with van der Waals surface area (Å²) in [5, 5.41) is 16.2. The molecule has 0 radical (unpaired) electrons. The number of fused-ring (bicyclic) bond motifs is 1. The highest BCUT2D eigenvalue weighted by molar-refractivity contribution is 6.35. The van der Waals surface area contributed by atoms with Crippen molar-refractivity contribution >= 4 is 22.5 Å². The highest BCUT2D eigenvalue weighted by Crippen LogP contribution is 2.28. The van der Waals surface area contributed by atoms with Crippen LogP contribution in [0.4, 0.5) is 0 Å². The number of benzene rings is 1. The lowest BCUT2D eigenvalue weighted by Gasteiger charge is -2.29. The summed E-state index contributed by atoms with van der Waals surface area (Å²) in [5.41, 5.74) is 2.91. The number of nitrogens with zero attached hydrogens (tertiary/aromatic N) is 4. The topological polar surface area (TPSA) is 54.2 Å². The van der Waals surface area contributed by atoms with Crippen LogP contribution < -0.4 is 0 Å². The molecule has 6 heteroatoms. The van der Waals surface area contributed by atoms with E-state index in [1.54, 1.807) is 6.20 Å². The maximum Gasteiger partial charge on any atom is 0.0858 e. The van der Waals surface area contributed by atoms with E-state index in [9.17, 15) is 5.11 Å². The molecule has 0 aliphatic rings. The van der Waals surface area contributed by atoms with Gasteiger partial charge in [0.2, 0.25) is 0 Å². The number of aryl methyl sites for hydroxylation is 1. The van der Waals surface area contributed by atoms with Crippen molar-refractivity contribution in [3.05, 3.63) is 59.0 Å². The van der Waals surface area contributed by atoms with Gasteiger partial charge in [-0.15, -0.1) is 0 Å². The van der Waals surface area contributed by atoms with E-state index in [1.807, 2.05) is 48.1 Å². The van der Waals surface area contributed by atoms with Gasteiger partial charge in [-0.1, -0.05) is 30.7 Å². The lowest BCUT2D eigenvalue weighted by Crippen LogP contribution is -2.37. The van der Waals surface area contributed by atoms with Crippen molar-refractivity contribution in [2.45, 2.75) is 32.5 Å². The molecule has 2 aromatic heterocycles. The number of aliphatic hydroxyl groups excluding tert-OH is 1. The van der Waals surface area contributed by atoms with Crippen molar-refractivity contribution in [2.24, 2.45) is 7.05 Å². The second kappa shape index (κ2) is 7.95. The van der Waals surface area contributed by atoms with Crippen LogP contribution in [-0.4, -0.2) is 37.4 Å². The molecule has 2 heterocycles.